The number of nitrogens with one attached hydrogen (secondary N) is 1. The third-order valence-corrected chi connectivity index (χ3v) is 3.76. The molecular formula is C13H13BrN2OS. The van der Waals surface area contributed by atoms with Gasteiger partial charge < -0.3 is 5.32 Å². The molecule has 2 aromatic rings. The predicted octanol–water partition coefficient (Wildman–Crippen LogP) is 3.07. The fraction of sp³-hybridized carbons (Fsp3) is 0.231. The Hall–Kier alpha value is -1.20. The molecule has 0 saturated carbocycles. The van der Waals surface area contributed by atoms with Gasteiger partial charge in [0.15, 0.2) is 0 Å². The minimum Gasteiger partial charge on any atom is -0.350 e. The highest BCUT2D eigenvalue weighted by molar-refractivity contribution is 9.10. The van der Waals surface area contributed by atoms with Crippen LogP contribution in [0.25, 0.3) is 0 Å². The molecule has 0 aliphatic rings. The van der Waals surface area contributed by atoms with E-state index in [-0.39, 0.29) is 5.91 Å². The highest BCUT2D eigenvalue weighted by Gasteiger charge is 2.04. The van der Waals surface area contributed by atoms with E-state index in [4.69, 9.17) is 0 Å². The number of nitrogens with zero attached hydrogens (tertiary/aromatic N) is 1. The molecule has 94 valence electrons. The van der Waals surface area contributed by atoms with Gasteiger partial charge in [-0.3, -0.25) is 4.79 Å². The first kappa shape index (κ1) is 13.2. The Bertz CT molecular complexity index is 536. The summed E-state index contributed by atoms with van der Waals surface area (Å²) in [6, 6.07) is 7.76. The van der Waals surface area contributed by atoms with Crippen LogP contribution in [0.15, 0.2) is 34.1 Å². The average Bonchev–Trinajstić information content (AvgIpc) is 2.76. The lowest BCUT2D eigenvalue weighted by molar-refractivity contribution is -0.120. The van der Waals surface area contributed by atoms with Gasteiger partial charge in [0.05, 0.1) is 23.7 Å². The van der Waals surface area contributed by atoms with E-state index in [1.165, 1.54) is 0 Å². The van der Waals surface area contributed by atoms with Crippen molar-refractivity contribution in [2.75, 3.05) is 0 Å². The number of hydrogen-bond donors (Lipinski definition) is 1. The normalized spacial score (nSPS) is 10.3. The Balaban J connectivity index is 1.83. The molecule has 1 aromatic heterocycles. The summed E-state index contributed by atoms with van der Waals surface area (Å²) < 4.78 is 1.02. The number of aryl methyl sites for hydroxylation is 1. The number of benzene rings is 1. The standard InChI is InChI=1S/C13H13BrN2OS/c1-9-16-12(8-18-9)7-15-13(17)6-10-2-4-11(14)5-3-10/h2-5,8H,6-7H2,1H3,(H,15,17). The van der Waals surface area contributed by atoms with Gasteiger partial charge in [0.25, 0.3) is 0 Å². The van der Waals surface area contributed by atoms with Crippen molar-refractivity contribution in [2.45, 2.75) is 19.9 Å². The zero-order valence-corrected chi connectivity index (χ0v) is 12.3. The Kier molecular flexibility index (Phi) is 4.49. The second-order valence-electron chi connectivity index (χ2n) is 3.94. The van der Waals surface area contributed by atoms with Crippen LogP contribution in [0.4, 0.5) is 0 Å². The summed E-state index contributed by atoms with van der Waals surface area (Å²) in [7, 11) is 0. The van der Waals surface area contributed by atoms with Crippen LogP contribution in [0.2, 0.25) is 0 Å². The van der Waals surface area contributed by atoms with Crippen molar-refractivity contribution in [3.63, 3.8) is 0 Å². The van der Waals surface area contributed by atoms with Crippen LogP contribution >= 0.6 is 27.3 Å². The number of aromatic nitrogens is 1. The molecule has 1 N–H and O–H groups in total. The maximum Gasteiger partial charge on any atom is 0.224 e. The second-order valence-corrected chi connectivity index (χ2v) is 5.92. The minimum absolute atomic E-state index is 0.0166. The summed E-state index contributed by atoms with van der Waals surface area (Å²) in [6.45, 7) is 2.46. The molecule has 0 aliphatic carbocycles. The lowest BCUT2D eigenvalue weighted by atomic mass is 10.1. The quantitative estimate of drug-likeness (QED) is 0.939. The molecule has 0 bridgehead atoms. The average molecular weight is 325 g/mol. The number of hydrogen-bond acceptors (Lipinski definition) is 3. The van der Waals surface area contributed by atoms with Crippen LogP contribution in [-0.4, -0.2) is 10.9 Å². The lowest BCUT2D eigenvalue weighted by Gasteiger charge is -2.03. The van der Waals surface area contributed by atoms with Gasteiger partial charge in [-0.15, -0.1) is 11.3 Å². The molecule has 0 radical (unpaired) electrons. The number of carbonyl (C=O) groups excluding carboxylic acids is 1. The molecule has 0 aliphatic heterocycles. The summed E-state index contributed by atoms with van der Waals surface area (Å²) in [5, 5.41) is 5.86. The van der Waals surface area contributed by atoms with E-state index in [0.717, 1.165) is 20.7 Å². The largest absolute Gasteiger partial charge is 0.350 e. The maximum absolute atomic E-state index is 11.7. The van der Waals surface area contributed by atoms with Gasteiger partial charge >= 0.3 is 0 Å². The van der Waals surface area contributed by atoms with Crippen molar-refractivity contribution in [1.82, 2.24) is 10.3 Å². The summed E-state index contributed by atoms with van der Waals surface area (Å²) in [4.78, 5) is 16.0. The van der Waals surface area contributed by atoms with Crippen molar-refractivity contribution < 1.29 is 4.79 Å². The Morgan fingerprint density at radius 1 is 1.39 bits per heavy atom. The topological polar surface area (TPSA) is 42.0 Å². The zero-order valence-electron chi connectivity index (χ0n) is 9.94. The number of halogens is 1. The van der Waals surface area contributed by atoms with Crippen molar-refractivity contribution in [1.29, 1.82) is 0 Å². The summed E-state index contributed by atoms with van der Waals surface area (Å²) in [6.07, 6.45) is 0.399. The molecule has 1 aromatic carbocycles. The van der Waals surface area contributed by atoms with E-state index in [9.17, 15) is 4.79 Å². The molecular weight excluding hydrogens is 312 g/mol. The Morgan fingerprint density at radius 2 is 2.11 bits per heavy atom. The Morgan fingerprint density at radius 3 is 2.72 bits per heavy atom. The number of thiazole rings is 1. The molecule has 5 heteroatoms. The van der Waals surface area contributed by atoms with E-state index in [2.05, 4.69) is 26.2 Å². The van der Waals surface area contributed by atoms with Crippen LogP contribution in [0.3, 0.4) is 0 Å². The monoisotopic (exact) mass is 324 g/mol. The van der Waals surface area contributed by atoms with E-state index >= 15 is 0 Å². The molecule has 2 rings (SSSR count). The molecule has 18 heavy (non-hydrogen) atoms. The molecule has 3 nitrogen and oxygen atoms in total. The van der Waals surface area contributed by atoms with Gasteiger partial charge in [0.2, 0.25) is 5.91 Å². The van der Waals surface area contributed by atoms with E-state index in [0.29, 0.717) is 13.0 Å². The summed E-state index contributed by atoms with van der Waals surface area (Å²) in [5.74, 6) is 0.0166. The third-order valence-electron chi connectivity index (χ3n) is 2.41. The summed E-state index contributed by atoms with van der Waals surface area (Å²) in [5.41, 5.74) is 1.92. The van der Waals surface area contributed by atoms with E-state index < -0.39 is 0 Å². The predicted molar refractivity (Wildman–Crippen MR) is 76.5 cm³/mol. The van der Waals surface area contributed by atoms with Crippen molar-refractivity contribution in [3.8, 4) is 0 Å². The molecule has 0 fully saturated rings. The Labute approximate surface area is 118 Å². The van der Waals surface area contributed by atoms with Crippen LogP contribution in [0.5, 0.6) is 0 Å². The zero-order chi connectivity index (χ0) is 13.0. The molecule has 1 amide bonds. The second kappa shape index (κ2) is 6.11. The van der Waals surface area contributed by atoms with Crippen LogP contribution in [0, 0.1) is 6.92 Å². The summed E-state index contributed by atoms with van der Waals surface area (Å²) >= 11 is 4.96. The number of rotatable bonds is 4. The molecule has 0 unspecified atom stereocenters. The van der Waals surface area contributed by atoms with Crippen LogP contribution in [-0.2, 0) is 17.8 Å². The molecule has 0 atom stereocenters. The SMILES string of the molecule is Cc1nc(CNC(=O)Cc2ccc(Br)cc2)cs1. The third kappa shape index (κ3) is 3.92. The van der Waals surface area contributed by atoms with Gasteiger partial charge in [-0.05, 0) is 24.6 Å². The number of amides is 1. The fourth-order valence-corrected chi connectivity index (χ4v) is 2.41. The van der Waals surface area contributed by atoms with Gasteiger partial charge in [-0.1, -0.05) is 28.1 Å². The van der Waals surface area contributed by atoms with Crippen molar-refractivity contribution >= 4 is 33.2 Å². The van der Waals surface area contributed by atoms with E-state index in [1.807, 2.05) is 36.6 Å². The van der Waals surface area contributed by atoms with Crippen molar-refractivity contribution in [2.24, 2.45) is 0 Å². The van der Waals surface area contributed by atoms with Crippen molar-refractivity contribution in [3.05, 3.63) is 50.4 Å². The number of carbonyl (C=O) groups is 1. The van der Waals surface area contributed by atoms with Gasteiger partial charge in [0, 0.05) is 9.85 Å². The van der Waals surface area contributed by atoms with Gasteiger partial charge in [0.1, 0.15) is 0 Å². The van der Waals surface area contributed by atoms with Gasteiger partial charge in [-0.25, -0.2) is 4.98 Å². The highest BCUT2D eigenvalue weighted by atomic mass is 79.9. The highest BCUT2D eigenvalue weighted by Crippen LogP contribution is 2.11. The smallest absolute Gasteiger partial charge is 0.224 e. The molecule has 1 heterocycles. The van der Waals surface area contributed by atoms with Crippen LogP contribution < -0.4 is 5.32 Å². The molecule has 0 spiro atoms. The first-order chi connectivity index (χ1) is 8.63. The first-order valence-electron chi connectivity index (χ1n) is 5.55. The fourth-order valence-electron chi connectivity index (χ4n) is 1.53. The molecule has 0 saturated heterocycles. The van der Waals surface area contributed by atoms with Gasteiger partial charge in [-0.2, -0.15) is 0 Å². The van der Waals surface area contributed by atoms with Crippen LogP contribution in [0.1, 0.15) is 16.3 Å². The first-order valence-corrected chi connectivity index (χ1v) is 7.23. The minimum atomic E-state index is 0.0166. The maximum atomic E-state index is 11.7. The van der Waals surface area contributed by atoms with E-state index in [1.54, 1.807) is 11.3 Å². The lowest BCUT2D eigenvalue weighted by Crippen LogP contribution is -2.24.